The van der Waals surface area contributed by atoms with Gasteiger partial charge in [-0.25, -0.2) is 16.8 Å². The average molecular weight is 635 g/mol. The summed E-state index contributed by atoms with van der Waals surface area (Å²) in [6, 6.07) is 20.3. The van der Waals surface area contributed by atoms with E-state index in [1.54, 1.807) is 42.5 Å². The van der Waals surface area contributed by atoms with Crippen molar-refractivity contribution in [2.24, 2.45) is 17.8 Å². The molecular weight excluding hydrogens is 601 g/mol. The molecule has 2 aliphatic carbocycles. The molecule has 6 rings (SSSR count). The zero-order valence-electron chi connectivity index (χ0n) is 23.9. The average Bonchev–Trinajstić information content (AvgIpc) is 3.82. The van der Waals surface area contributed by atoms with Crippen LogP contribution in [0.5, 0.6) is 0 Å². The van der Waals surface area contributed by atoms with E-state index in [-0.39, 0.29) is 33.2 Å². The fourth-order valence-electron chi connectivity index (χ4n) is 6.15. The monoisotopic (exact) mass is 634 g/mol. The van der Waals surface area contributed by atoms with E-state index in [0.717, 1.165) is 31.2 Å². The third kappa shape index (κ3) is 6.45. The van der Waals surface area contributed by atoms with Crippen molar-refractivity contribution in [2.75, 3.05) is 9.44 Å². The second kappa shape index (κ2) is 12.2. The number of hydrogen-bond donors (Lipinski definition) is 3. The first-order valence-corrected chi connectivity index (χ1v) is 17.7. The summed E-state index contributed by atoms with van der Waals surface area (Å²) in [5.74, 6) is -1.18. The summed E-state index contributed by atoms with van der Waals surface area (Å²) in [6.07, 6.45) is 9.02. The van der Waals surface area contributed by atoms with Gasteiger partial charge in [0.1, 0.15) is 5.76 Å². The molecule has 3 aliphatic rings. The van der Waals surface area contributed by atoms with Crippen LogP contribution in [-0.2, 0) is 29.6 Å². The van der Waals surface area contributed by atoms with E-state index in [1.807, 2.05) is 18.2 Å². The van der Waals surface area contributed by atoms with E-state index < -0.39 is 38.0 Å². The van der Waals surface area contributed by atoms with Gasteiger partial charge < -0.3 is 9.84 Å². The highest BCUT2D eigenvalue weighted by Crippen LogP contribution is 2.51. The van der Waals surface area contributed by atoms with Crippen LogP contribution in [-0.4, -0.2) is 34.0 Å². The maximum atomic E-state index is 13.4. The number of anilines is 2. The standard InChI is InChI=1S/C33H34N2O7S2/c36-32-28-16-6-1-2-7-17-29(28)42-33(37)31(32)30(22-18-19-22)23-10-8-11-24(20-23)34-44(40,41)27-15-9-12-25(21-27)35-43(38,39)26-13-4-3-5-14-26/h2-5,7-15,17,20-22,28,30-32,34-36H,1,6,16,18-19H2. The molecule has 11 heteroatoms. The lowest BCUT2D eigenvalue weighted by molar-refractivity contribution is -0.160. The minimum Gasteiger partial charge on any atom is -0.430 e. The lowest BCUT2D eigenvalue weighted by atomic mass is 9.72. The zero-order valence-corrected chi connectivity index (χ0v) is 25.5. The summed E-state index contributed by atoms with van der Waals surface area (Å²) in [7, 11) is -8.03. The van der Waals surface area contributed by atoms with Crippen LogP contribution < -0.4 is 9.44 Å². The third-order valence-electron chi connectivity index (χ3n) is 8.41. The second-order valence-corrected chi connectivity index (χ2v) is 14.9. The van der Waals surface area contributed by atoms with Crippen LogP contribution in [0.3, 0.4) is 0 Å². The number of ether oxygens (including phenoxy) is 1. The van der Waals surface area contributed by atoms with Crippen molar-refractivity contribution < 1.29 is 31.5 Å². The molecule has 2 fully saturated rings. The fraction of sp³-hybridized carbons (Fsp3) is 0.303. The van der Waals surface area contributed by atoms with Gasteiger partial charge in [0.15, 0.2) is 0 Å². The summed E-state index contributed by atoms with van der Waals surface area (Å²) in [5, 5.41) is 11.5. The van der Waals surface area contributed by atoms with Gasteiger partial charge in [-0.05, 0) is 92.1 Å². The molecule has 0 aromatic heterocycles. The lowest BCUT2D eigenvalue weighted by Crippen LogP contribution is -2.45. The number of carbonyl (C=O) groups is 1. The molecule has 1 heterocycles. The Labute approximate surface area is 257 Å². The van der Waals surface area contributed by atoms with Gasteiger partial charge >= 0.3 is 5.97 Å². The zero-order chi connectivity index (χ0) is 30.9. The number of aliphatic hydroxyl groups is 1. The SMILES string of the molecule is O=C1OC2=CC=CCCCC2C(O)C1C(c1cccc(NS(=O)(=O)c2cccc(NS(=O)(=O)c3ccccc3)c2)c1)C1CC1. The highest BCUT2D eigenvalue weighted by atomic mass is 32.2. The van der Waals surface area contributed by atoms with Crippen molar-refractivity contribution in [3.05, 3.63) is 108 Å². The Morgan fingerprint density at radius 2 is 1.45 bits per heavy atom. The molecule has 4 atom stereocenters. The van der Waals surface area contributed by atoms with Crippen LogP contribution in [0.4, 0.5) is 11.4 Å². The van der Waals surface area contributed by atoms with E-state index in [0.29, 0.717) is 17.9 Å². The molecule has 0 radical (unpaired) electrons. The van der Waals surface area contributed by atoms with Gasteiger partial charge in [0.05, 0.1) is 27.5 Å². The van der Waals surface area contributed by atoms with E-state index in [4.69, 9.17) is 4.74 Å². The predicted molar refractivity (Wildman–Crippen MR) is 167 cm³/mol. The Bertz CT molecular complexity index is 1820. The molecule has 0 bridgehead atoms. The summed E-state index contributed by atoms with van der Waals surface area (Å²) in [4.78, 5) is 13.2. The van der Waals surface area contributed by atoms with Crippen molar-refractivity contribution in [1.82, 2.24) is 0 Å². The first-order valence-electron chi connectivity index (χ1n) is 14.7. The van der Waals surface area contributed by atoms with Crippen LogP contribution in [0.15, 0.2) is 113 Å². The molecule has 0 spiro atoms. The molecule has 3 N–H and O–H groups in total. The number of aliphatic hydroxyl groups excluding tert-OH is 1. The van der Waals surface area contributed by atoms with Gasteiger partial charge in [0, 0.05) is 17.5 Å². The molecule has 230 valence electrons. The van der Waals surface area contributed by atoms with E-state index in [9.17, 15) is 26.7 Å². The van der Waals surface area contributed by atoms with Crippen molar-refractivity contribution in [3.8, 4) is 0 Å². The molecule has 0 amide bonds. The molecule has 3 aromatic rings. The van der Waals surface area contributed by atoms with Gasteiger partial charge in [0.25, 0.3) is 20.0 Å². The number of carbonyl (C=O) groups excluding carboxylic acids is 1. The van der Waals surface area contributed by atoms with Crippen molar-refractivity contribution in [2.45, 2.75) is 53.9 Å². The molecule has 1 aliphatic heterocycles. The minimum absolute atomic E-state index is 0.0546. The van der Waals surface area contributed by atoms with E-state index in [1.165, 1.54) is 36.4 Å². The quantitative estimate of drug-likeness (QED) is 0.262. The maximum absolute atomic E-state index is 13.4. The first-order chi connectivity index (χ1) is 21.1. The Morgan fingerprint density at radius 1 is 0.795 bits per heavy atom. The van der Waals surface area contributed by atoms with Crippen LogP contribution in [0.1, 0.15) is 43.6 Å². The van der Waals surface area contributed by atoms with Crippen LogP contribution in [0, 0.1) is 17.8 Å². The summed E-state index contributed by atoms with van der Waals surface area (Å²) >= 11 is 0. The maximum Gasteiger partial charge on any atom is 0.317 e. The molecule has 1 saturated heterocycles. The number of nitrogens with one attached hydrogen (secondary N) is 2. The largest absolute Gasteiger partial charge is 0.430 e. The lowest BCUT2D eigenvalue weighted by Gasteiger charge is -2.39. The number of sulfonamides is 2. The normalized spacial score (nSPS) is 22.9. The predicted octanol–water partition coefficient (Wildman–Crippen LogP) is 5.56. The Balaban J connectivity index is 1.24. The Morgan fingerprint density at radius 3 is 2.18 bits per heavy atom. The third-order valence-corrected chi connectivity index (χ3v) is 11.2. The number of rotatable bonds is 9. The van der Waals surface area contributed by atoms with Crippen molar-refractivity contribution in [3.63, 3.8) is 0 Å². The summed E-state index contributed by atoms with van der Waals surface area (Å²) in [6.45, 7) is 0. The number of hydrogen-bond acceptors (Lipinski definition) is 7. The molecule has 4 unspecified atom stereocenters. The molecule has 44 heavy (non-hydrogen) atoms. The molecular formula is C33H34N2O7S2. The molecule has 9 nitrogen and oxygen atoms in total. The Hall–Kier alpha value is -3.93. The van der Waals surface area contributed by atoms with Gasteiger partial charge in [-0.3, -0.25) is 14.2 Å². The van der Waals surface area contributed by atoms with Crippen molar-refractivity contribution >= 4 is 37.4 Å². The number of allylic oxidation sites excluding steroid dienone is 3. The smallest absolute Gasteiger partial charge is 0.317 e. The van der Waals surface area contributed by atoms with Crippen LogP contribution >= 0.6 is 0 Å². The highest BCUT2D eigenvalue weighted by molar-refractivity contribution is 7.93. The van der Waals surface area contributed by atoms with Gasteiger partial charge in [-0.2, -0.15) is 0 Å². The molecule has 3 aromatic carbocycles. The second-order valence-electron chi connectivity index (χ2n) is 11.5. The summed E-state index contributed by atoms with van der Waals surface area (Å²) < 4.78 is 63.2. The van der Waals surface area contributed by atoms with Crippen LogP contribution in [0.25, 0.3) is 0 Å². The first kappa shape index (κ1) is 30.1. The van der Waals surface area contributed by atoms with E-state index in [2.05, 4.69) is 9.44 Å². The topological polar surface area (TPSA) is 139 Å². The minimum atomic E-state index is -4.11. The number of fused-ring (bicyclic) bond motifs is 1. The van der Waals surface area contributed by atoms with Gasteiger partial charge in [-0.1, -0.05) is 48.6 Å². The summed E-state index contributed by atoms with van der Waals surface area (Å²) in [5.41, 5.74) is 1.14. The van der Waals surface area contributed by atoms with Crippen LogP contribution in [0.2, 0.25) is 0 Å². The molecule has 1 saturated carbocycles. The van der Waals surface area contributed by atoms with E-state index >= 15 is 0 Å². The van der Waals surface area contributed by atoms with Gasteiger partial charge in [-0.15, -0.1) is 0 Å². The van der Waals surface area contributed by atoms with Gasteiger partial charge in [0.2, 0.25) is 0 Å². The number of benzene rings is 3. The Kier molecular flexibility index (Phi) is 8.36. The highest BCUT2D eigenvalue weighted by Gasteiger charge is 2.50. The van der Waals surface area contributed by atoms with Crippen molar-refractivity contribution in [1.29, 1.82) is 0 Å². The number of esters is 1. The fourth-order valence-corrected chi connectivity index (χ4v) is 8.32.